The minimum Gasteiger partial charge on any atom is -0.398 e. The van der Waals surface area contributed by atoms with Gasteiger partial charge in [0.15, 0.2) is 0 Å². The number of aromatic nitrogens is 2. The fraction of sp³-hybridized carbons (Fsp3) is 0.100. The Balaban J connectivity index is 2.35. The van der Waals surface area contributed by atoms with Crippen LogP contribution in [0.15, 0.2) is 41.6 Å². The third-order valence-corrected chi connectivity index (χ3v) is 3.62. The van der Waals surface area contributed by atoms with Gasteiger partial charge in [0.05, 0.1) is 17.6 Å². The molecule has 0 amide bonds. The largest absolute Gasteiger partial charge is 0.398 e. The van der Waals surface area contributed by atoms with Crippen LogP contribution in [0.3, 0.4) is 0 Å². The molecule has 0 unspecified atom stereocenters. The molecule has 1 heterocycles. The highest BCUT2D eigenvalue weighted by Gasteiger charge is 2.17. The van der Waals surface area contributed by atoms with Gasteiger partial charge in [-0.25, -0.2) is 8.42 Å². The van der Waals surface area contributed by atoms with Crippen LogP contribution in [0.4, 0.5) is 11.4 Å². The van der Waals surface area contributed by atoms with Crippen molar-refractivity contribution in [2.75, 3.05) is 10.5 Å². The lowest BCUT2D eigenvalue weighted by Crippen LogP contribution is -2.14. The van der Waals surface area contributed by atoms with E-state index in [-0.39, 0.29) is 10.6 Å². The molecule has 1 aromatic carbocycles. The molecular weight excluding hydrogens is 240 g/mol. The van der Waals surface area contributed by atoms with E-state index in [0.29, 0.717) is 5.69 Å². The summed E-state index contributed by atoms with van der Waals surface area (Å²) in [6, 6.07) is 6.29. The SMILES string of the molecule is Cn1cc(NS(=O)(=O)c2ccccc2N)cn1. The predicted molar refractivity (Wildman–Crippen MR) is 64.9 cm³/mol. The molecule has 6 nitrogen and oxygen atoms in total. The molecule has 0 aliphatic rings. The Kier molecular flexibility index (Phi) is 2.76. The van der Waals surface area contributed by atoms with Crippen molar-refractivity contribution in [3.8, 4) is 0 Å². The van der Waals surface area contributed by atoms with E-state index in [0.717, 1.165) is 0 Å². The summed E-state index contributed by atoms with van der Waals surface area (Å²) in [5.74, 6) is 0. The molecule has 1 aromatic heterocycles. The van der Waals surface area contributed by atoms with E-state index < -0.39 is 10.0 Å². The van der Waals surface area contributed by atoms with Crippen molar-refractivity contribution in [3.05, 3.63) is 36.7 Å². The number of nitrogens with two attached hydrogens (primary N) is 1. The molecule has 0 spiro atoms. The van der Waals surface area contributed by atoms with Gasteiger partial charge in [0.25, 0.3) is 10.0 Å². The minimum absolute atomic E-state index is 0.0591. The van der Waals surface area contributed by atoms with Crippen LogP contribution >= 0.6 is 0 Å². The Bertz CT molecular complexity index is 633. The van der Waals surface area contributed by atoms with E-state index in [4.69, 9.17) is 5.73 Å². The average molecular weight is 252 g/mol. The topological polar surface area (TPSA) is 90.0 Å². The minimum atomic E-state index is -3.66. The number of nitrogens with one attached hydrogen (secondary N) is 1. The van der Waals surface area contributed by atoms with Gasteiger partial charge < -0.3 is 5.73 Å². The molecule has 0 saturated carbocycles. The molecule has 90 valence electrons. The average Bonchev–Trinajstić information content (AvgIpc) is 2.63. The van der Waals surface area contributed by atoms with Crippen LogP contribution in [-0.4, -0.2) is 18.2 Å². The van der Waals surface area contributed by atoms with Gasteiger partial charge in [0.1, 0.15) is 4.90 Å². The van der Waals surface area contributed by atoms with E-state index in [1.807, 2.05) is 0 Å². The maximum absolute atomic E-state index is 12.0. The second kappa shape index (κ2) is 4.10. The summed E-state index contributed by atoms with van der Waals surface area (Å²) in [7, 11) is -1.96. The molecule has 2 rings (SSSR count). The summed E-state index contributed by atoms with van der Waals surface area (Å²) in [6.45, 7) is 0. The number of hydrogen-bond donors (Lipinski definition) is 2. The fourth-order valence-electron chi connectivity index (χ4n) is 1.41. The Morgan fingerprint density at radius 2 is 2.06 bits per heavy atom. The van der Waals surface area contributed by atoms with Crippen molar-refractivity contribution in [2.24, 2.45) is 7.05 Å². The highest BCUT2D eigenvalue weighted by molar-refractivity contribution is 7.92. The number of nitrogen functional groups attached to an aromatic ring is 1. The number of anilines is 2. The van der Waals surface area contributed by atoms with Crippen LogP contribution in [-0.2, 0) is 17.1 Å². The van der Waals surface area contributed by atoms with Crippen molar-refractivity contribution in [1.29, 1.82) is 0 Å². The molecule has 3 N–H and O–H groups in total. The van der Waals surface area contributed by atoms with Gasteiger partial charge in [-0.05, 0) is 12.1 Å². The third kappa shape index (κ3) is 2.39. The van der Waals surface area contributed by atoms with E-state index in [9.17, 15) is 8.42 Å². The predicted octanol–water partition coefficient (Wildman–Crippen LogP) is 0.803. The van der Waals surface area contributed by atoms with Crippen LogP contribution in [0.5, 0.6) is 0 Å². The lowest BCUT2D eigenvalue weighted by atomic mass is 10.3. The summed E-state index contributed by atoms with van der Waals surface area (Å²) >= 11 is 0. The number of hydrogen-bond acceptors (Lipinski definition) is 4. The van der Waals surface area contributed by atoms with Gasteiger partial charge in [0, 0.05) is 13.2 Å². The van der Waals surface area contributed by atoms with Crippen molar-refractivity contribution < 1.29 is 8.42 Å². The smallest absolute Gasteiger partial charge is 0.264 e. The first-order valence-electron chi connectivity index (χ1n) is 4.85. The lowest BCUT2D eigenvalue weighted by molar-refractivity contribution is 0.601. The Labute approximate surface area is 99.1 Å². The zero-order valence-electron chi connectivity index (χ0n) is 9.16. The van der Waals surface area contributed by atoms with Crippen molar-refractivity contribution in [2.45, 2.75) is 4.90 Å². The summed E-state index contributed by atoms with van der Waals surface area (Å²) in [6.07, 6.45) is 2.99. The molecule has 0 saturated heterocycles. The summed E-state index contributed by atoms with van der Waals surface area (Å²) in [5, 5.41) is 3.88. The van der Waals surface area contributed by atoms with E-state index >= 15 is 0 Å². The molecule has 0 radical (unpaired) electrons. The number of rotatable bonds is 3. The molecule has 7 heteroatoms. The summed E-state index contributed by atoms with van der Waals surface area (Å²) in [5.41, 5.74) is 6.24. The monoisotopic (exact) mass is 252 g/mol. The van der Waals surface area contributed by atoms with Crippen LogP contribution in [0.25, 0.3) is 0 Å². The number of aryl methyl sites for hydroxylation is 1. The second-order valence-corrected chi connectivity index (χ2v) is 5.20. The molecule has 17 heavy (non-hydrogen) atoms. The first-order valence-corrected chi connectivity index (χ1v) is 6.33. The Hall–Kier alpha value is -2.02. The molecule has 0 fully saturated rings. The van der Waals surface area contributed by atoms with E-state index in [2.05, 4.69) is 9.82 Å². The maximum Gasteiger partial charge on any atom is 0.264 e. The van der Waals surface area contributed by atoms with Gasteiger partial charge in [-0.3, -0.25) is 9.40 Å². The van der Waals surface area contributed by atoms with Crippen LogP contribution in [0.2, 0.25) is 0 Å². The van der Waals surface area contributed by atoms with Crippen molar-refractivity contribution in [3.63, 3.8) is 0 Å². The highest BCUT2D eigenvalue weighted by atomic mass is 32.2. The quantitative estimate of drug-likeness (QED) is 0.791. The number of para-hydroxylation sites is 1. The summed E-state index contributed by atoms with van der Waals surface area (Å²) in [4.78, 5) is 0.0591. The standard InChI is InChI=1S/C10H12N4O2S/c1-14-7-8(6-12-14)13-17(15,16)10-5-3-2-4-9(10)11/h2-7,13H,11H2,1H3. The number of sulfonamides is 1. The number of nitrogens with zero attached hydrogens (tertiary/aromatic N) is 2. The molecular formula is C10H12N4O2S. The van der Waals surface area contributed by atoms with Gasteiger partial charge in [-0.2, -0.15) is 5.10 Å². The van der Waals surface area contributed by atoms with Gasteiger partial charge in [-0.15, -0.1) is 0 Å². The van der Waals surface area contributed by atoms with Gasteiger partial charge >= 0.3 is 0 Å². The normalized spacial score (nSPS) is 11.4. The van der Waals surface area contributed by atoms with Crippen LogP contribution in [0, 0.1) is 0 Å². The van der Waals surface area contributed by atoms with Crippen molar-refractivity contribution in [1.82, 2.24) is 9.78 Å². The lowest BCUT2D eigenvalue weighted by Gasteiger charge is -2.07. The fourth-order valence-corrected chi connectivity index (χ4v) is 2.57. The maximum atomic E-state index is 12.0. The summed E-state index contributed by atoms with van der Waals surface area (Å²) < 4.78 is 27.9. The third-order valence-electron chi connectivity index (χ3n) is 2.17. The first kappa shape index (κ1) is 11.5. The molecule has 0 aliphatic carbocycles. The van der Waals surface area contributed by atoms with Gasteiger partial charge in [-0.1, -0.05) is 12.1 Å². The molecule has 0 aliphatic heterocycles. The van der Waals surface area contributed by atoms with E-state index in [1.165, 1.54) is 23.0 Å². The molecule has 0 bridgehead atoms. The first-order chi connectivity index (χ1) is 7.99. The Morgan fingerprint density at radius 3 is 2.65 bits per heavy atom. The molecule has 2 aromatic rings. The highest BCUT2D eigenvalue weighted by Crippen LogP contribution is 2.20. The van der Waals surface area contributed by atoms with Crippen molar-refractivity contribution >= 4 is 21.4 Å². The van der Waals surface area contributed by atoms with Gasteiger partial charge in [0.2, 0.25) is 0 Å². The van der Waals surface area contributed by atoms with Crippen LogP contribution < -0.4 is 10.5 Å². The van der Waals surface area contributed by atoms with Crippen LogP contribution in [0.1, 0.15) is 0 Å². The zero-order chi connectivity index (χ0) is 12.5. The Morgan fingerprint density at radius 1 is 1.35 bits per heavy atom. The second-order valence-electron chi connectivity index (χ2n) is 3.55. The molecule has 0 atom stereocenters. The van der Waals surface area contributed by atoms with E-state index in [1.54, 1.807) is 25.4 Å². The number of benzene rings is 1. The zero-order valence-corrected chi connectivity index (χ0v) is 9.98.